The highest BCUT2D eigenvalue weighted by Gasteiger charge is 2.23. The first-order chi connectivity index (χ1) is 9.54. The summed E-state index contributed by atoms with van der Waals surface area (Å²) in [6.45, 7) is 7.31. The normalized spacial score (nSPS) is 15.8. The van der Waals surface area contributed by atoms with Gasteiger partial charge in [0.15, 0.2) is 5.13 Å². The van der Waals surface area contributed by atoms with E-state index in [-0.39, 0.29) is 0 Å². The smallest absolute Gasteiger partial charge is 0.180 e. The molecule has 6 heteroatoms. The number of thiazole rings is 1. The summed E-state index contributed by atoms with van der Waals surface area (Å²) in [5.74, 6) is 1.67. The number of nitrogens with zero attached hydrogens (tertiary/aromatic N) is 4. The van der Waals surface area contributed by atoms with Crippen LogP contribution in [0.2, 0.25) is 0 Å². The summed E-state index contributed by atoms with van der Waals surface area (Å²) in [6, 6.07) is 0. The van der Waals surface area contributed by atoms with Crippen molar-refractivity contribution in [3.05, 3.63) is 28.3 Å². The van der Waals surface area contributed by atoms with E-state index in [9.17, 15) is 0 Å². The Morgan fingerprint density at radius 1 is 1.45 bits per heavy atom. The highest BCUT2D eigenvalue weighted by molar-refractivity contribution is 7.15. The number of nitrogens with two attached hydrogens (primary N) is 1. The Labute approximate surface area is 123 Å². The molecule has 0 aromatic carbocycles. The molecule has 0 saturated heterocycles. The van der Waals surface area contributed by atoms with Crippen molar-refractivity contribution in [2.45, 2.75) is 39.3 Å². The third-order valence-electron chi connectivity index (χ3n) is 3.84. The highest BCUT2D eigenvalue weighted by atomic mass is 32.1. The molecule has 3 heterocycles. The second kappa shape index (κ2) is 5.18. The Hall–Kier alpha value is -1.40. The first-order valence-electron chi connectivity index (χ1n) is 7.01. The third kappa shape index (κ3) is 2.45. The maximum Gasteiger partial charge on any atom is 0.180 e. The Morgan fingerprint density at radius 2 is 2.25 bits per heavy atom. The van der Waals surface area contributed by atoms with Crippen LogP contribution in [-0.4, -0.2) is 26.0 Å². The maximum atomic E-state index is 5.69. The van der Waals surface area contributed by atoms with Crippen LogP contribution in [0.5, 0.6) is 0 Å². The minimum absolute atomic E-state index is 0.473. The van der Waals surface area contributed by atoms with Crippen LogP contribution in [0.1, 0.15) is 41.9 Å². The van der Waals surface area contributed by atoms with Crippen LogP contribution in [-0.2, 0) is 26.6 Å². The van der Waals surface area contributed by atoms with Crippen molar-refractivity contribution in [1.82, 2.24) is 19.4 Å². The molecule has 0 saturated carbocycles. The van der Waals surface area contributed by atoms with E-state index in [0.29, 0.717) is 11.0 Å². The van der Waals surface area contributed by atoms with Crippen LogP contribution < -0.4 is 5.73 Å². The molecular formula is C14H21N5S. The van der Waals surface area contributed by atoms with Crippen LogP contribution >= 0.6 is 11.3 Å². The average molecular weight is 291 g/mol. The first-order valence-corrected chi connectivity index (χ1v) is 7.83. The molecular weight excluding hydrogens is 270 g/mol. The van der Waals surface area contributed by atoms with Gasteiger partial charge in [-0.3, -0.25) is 4.90 Å². The summed E-state index contributed by atoms with van der Waals surface area (Å²) in [6.07, 6.45) is 2.95. The molecule has 0 aliphatic carbocycles. The van der Waals surface area contributed by atoms with Crippen molar-refractivity contribution >= 4 is 16.5 Å². The molecule has 108 valence electrons. The van der Waals surface area contributed by atoms with Crippen molar-refractivity contribution < 1.29 is 0 Å². The Kier molecular flexibility index (Phi) is 3.52. The molecule has 0 unspecified atom stereocenters. The van der Waals surface area contributed by atoms with Gasteiger partial charge in [0.05, 0.1) is 5.69 Å². The standard InChI is InChI=1S/C14H21N5S/c1-9(2)13-17-11-8-19(5-4-12(11)18(13)3)7-10-6-16-14(15)20-10/h6,9H,4-5,7-8H2,1-3H3,(H2,15,16). The lowest BCUT2D eigenvalue weighted by Gasteiger charge is -2.25. The molecule has 1 aliphatic rings. The van der Waals surface area contributed by atoms with Gasteiger partial charge in [-0.15, -0.1) is 11.3 Å². The van der Waals surface area contributed by atoms with Crippen molar-refractivity contribution in [1.29, 1.82) is 0 Å². The zero-order valence-electron chi connectivity index (χ0n) is 12.3. The van der Waals surface area contributed by atoms with Gasteiger partial charge in [0.2, 0.25) is 0 Å². The van der Waals surface area contributed by atoms with Crippen LogP contribution in [0.25, 0.3) is 0 Å². The van der Waals surface area contributed by atoms with Crippen molar-refractivity contribution in [2.75, 3.05) is 12.3 Å². The summed E-state index contributed by atoms with van der Waals surface area (Å²) in [5, 5.41) is 0.651. The fourth-order valence-corrected chi connectivity index (χ4v) is 3.60. The van der Waals surface area contributed by atoms with Crippen molar-refractivity contribution in [3.63, 3.8) is 0 Å². The molecule has 2 N–H and O–H groups in total. The SMILES string of the molecule is CC(C)c1nc2c(n1C)CCN(Cc1cnc(N)s1)C2. The van der Waals surface area contributed by atoms with Gasteiger partial charge in [-0.1, -0.05) is 13.8 Å². The number of hydrogen-bond acceptors (Lipinski definition) is 5. The molecule has 0 bridgehead atoms. The second-order valence-corrected chi connectivity index (χ2v) is 6.85. The zero-order valence-corrected chi connectivity index (χ0v) is 13.1. The topological polar surface area (TPSA) is 60.0 Å². The molecule has 0 spiro atoms. The molecule has 5 nitrogen and oxygen atoms in total. The number of imidazole rings is 1. The predicted octanol–water partition coefficient (Wildman–Crippen LogP) is 2.14. The zero-order chi connectivity index (χ0) is 14.3. The number of hydrogen-bond donors (Lipinski definition) is 1. The molecule has 0 amide bonds. The molecule has 20 heavy (non-hydrogen) atoms. The van der Waals surface area contributed by atoms with E-state index >= 15 is 0 Å². The van der Waals surface area contributed by atoms with E-state index in [0.717, 1.165) is 26.1 Å². The Morgan fingerprint density at radius 3 is 2.90 bits per heavy atom. The van der Waals surface area contributed by atoms with E-state index in [2.05, 4.69) is 35.3 Å². The predicted molar refractivity (Wildman–Crippen MR) is 81.6 cm³/mol. The minimum atomic E-state index is 0.473. The summed E-state index contributed by atoms with van der Waals surface area (Å²) in [4.78, 5) is 12.6. The number of fused-ring (bicyclic) bond motifs is 1. The summed E-state index contributed by atoms with van der Waals surface area (Å²) in [7, 11) is 2.14. The van der Waals surface area contributed by atoms with E-state index in [1.54, 1.807) is 11.3 Å². The first kappa shape index (κ1) is 13.6. The fourth-order valence-electron chi connectivity index (χ4n) is 2.87. The van der Waals surface area contributed by atoms with E-state index in [4.69, 9.17) is 10.7 Å². The monoisotopic (exact) mass is 291 g/mol. The lowest BCUT2D eigenvalue weighted by atomic mass is 10.1. The number of rotatable bonds is 3. The van der Waals surface area contributed by atoms with Crippen LogP contribution in [0.15, 0.2) is 6.20 Å². The van der Waals surface area contributed by atoms with Crippen LogP contribution in [0.3, 0.4) is 0 Å². The molecule has 0 radical (unpaired) electrons. The van der Waals surface area contributed by atoms with E-state index in [1.165, 1.54) is 22.1 Å². The van der Waals surface area contributed by atoms with Crippen molar-refractivity contribution in [3.8, 4) is 0 Å². The average Bonchev–Trinajstić information content (AvgIpc) is 2.94. The largest absolute Gasteiger partial charge is 0.375 e. The summed E-state index contributed by atoms with van der Waals surface area (Å²) < 4.78 is 2.28. The molecule has 0 atom stereocenters. The lowest BCUT2D eigenvalue weighted by Crippen LogP contribution is -2.30. The van der Waals surface area contributed by atoms with Crippen LogP contribution in [0, 0.1) is 0 Å². The van der Waals surface area contributed by atoms with E-state index < -0.39 is 0 Å². The number of nitrogen functional groups attached to an aromatic ring is 1. The van der Waals surface area contributed by atoms with Gasteiger partial charge in [-0.2, -0.15) is 0 Å². The molecule has 0 fully saturated rings. The minimum Gasteiger partial charge on any atom is -0.375 e. The molecule has 2 aromatic heterocycles. The Balaban J connectivity index is 1.76. The molecule has 3 rings (SSSR count). The van der Waals surface area contributed by atoms with Crippen LogP contribution in [0.4, 0.5) is 5.13 Å². The van der Waals surface area contributed by atoms with Gasteiger partial charge < -0.3 is 10.3 Å². The Bertz CT molecular complexity index is 613. The van der Waals surface area contributed by atoms with Gasteiger partial charge in [0, 0.05) is 55.8 Å². The van der Waals surface area contributed by atoms with Gasteiger partial charge in [0.25, 0.3) is 0 Å². The third-order valence-corrected chi connectivity index (χ3v) is 4.65. The number of anilines is 1. The maximum absolute atomic E-state index is 5.69. The quantitative estimate of drug-likeness (QED) is 0.941. The number of aromatic nitrogens is 3. The van der Waals surface area contributed by atoms with Gasteiger partial charge in [-0.25, -0.2) is 9.97 Å². The second-order valence-electron chi connectivity index (χ2n) is 5.70. The van der Waals surface area contributed by atoms with Gasteiger partial charge >= 0.3 is 0 Å². The highest BCUT2D eigenvalue weighted by Crippen LogP contribution is 2.25. The fraction of sp³-hybridized carbons (Fsp3) is 0.571. The van der Waals surface area contributed by atoms with E-state index in [1.807, 2.05) is 6.20 Å². The van der Waals surface area contributed by atoms with Crippen molar-refractivity contribution in [2.24, 2.45) is 7.05 Å². The summed E-state index contributed by atoms with van der Waals surface area (Å²) >= 11 is 1.58. The summed E-state index contributed by atoms with van der Waals surface area (Å²) in [5.41, 5.74) is 8.32. The lowest BCUT2D eigenvalue weighted by molar-refractivity contribution is 0.242. The van der Waals surface area contributed by atoms with Gasteiger partial charge in [0.1, 0.15) is 5.82 Å². The molecule has 1 aliphatic heterocycles. The molecule has 2 aromatic rings. The van der Waals surface area contributed by atoms with Gasteiger partial charge in [-0.05, 0) is 0 Å².